The highest BCUT2D eigenvalue weighted by molar-refractivity contribution is 5.84. The number of allylic oxidation sites excluding steroid dienone is 6. The van der Waals surface area contributed by atoms with Crippen LogP contribution in [0, 0.1) is 24.7 Å². The summed E-state index contributed by atoms with van der Waals surface area (Å²) in [6.07, 6.45) is 37.5. The van der Waals surface area contributed by atoms with Crippen molar-refractivity contribution in [2.45, 2.75) is 177 Å². The number of methoxy groups -OCH3 is 2. The van der Waals surface area contributed by atoms with Gasteiger partial charge in [0.2, 0.25) is 0 Å². The van der Waals surface area contributed by atoms with Crippen LogP contribution in [0.4, 0.5) is 26.3 Å². The summed E-state index contributed by atoms with van der Waals surface area (Å²) >= 11 is 0. The molecule has 0 N–H and O–H groups in total. The molecular formula is C56H72F6O6. The first-order valence-corrected chi connectivity index (χ1v) is 24.1. The van der Waals surface area contributed by atoms with Crippen LogP contribution < -0.4 is 0 Å². The molecule has 0 aromatic heterocycles. The molecule has 0 unspecified atom stereocenters. The average Bonchev–Trinajstić information content (AvgIpc) is 3.31. The van der Waals surface area contributed by atoms with Crippen molar-refractivity contribution in [3.05, 3.63) is 120 Å². The van der Waals surface area contributed by atoms with Crippen molar-refractivity contribution in [3.63, 3.8) is 0 Å². The lowest BCUT2D eigenvalue weighted by Crippen LogP contribution is -2.52. The van der Waals surface area contributed by atoms with Gasteiger partial charge in [-0.05, 0) is 89.2 Å². The number of hydrogen-bond acceptors (Lipinski definition) is 6. The van der Waals surface area contributed by atoms with Crippen LogP contribution in [0.5, 0.6) is 0 Å². The summed E-state index contributed by atoms with van der Waals surface area (Å²) in [5.41, 5.74) is -7.33. The molecule has 2 rings (SSSR count). The van der Waals surface area contributed by atoms with Crippen LogP contribution >= 0.6 is 0 Å². The van der Waals surface area contributed by atoms with E-state index in [0.717, 1.165) is 116 Å². The summed E-state index contributed by atoms with van der Waals surface area (Å²) in [5, 5.41) is 0. The molecule has 68 heavy (non-hydrogen) atoms. The molecule has 0 fully saturated rings. The Morgan fingerprint density at radius 1 is 0.456 bits per heavy atom. The molecule has 2 aromatic carbocycles. The number of hydrogen-bond donors (Lipinski definition) is 0. The minimum Gasteiger partial charge on any atom is -0.442 e. The van der Waals surface area contributed by atoms with Crippen molar-refractivity contribution >= 4 is 11.9 Å². The molecule has 6 nitrogen and oxygen atoms in total. The highest BCUT2D eigenvalue weighted by Crippen LogP contribution is 2.44. The minimum atomic E-state index is -5.06. The van der Waals surface area contributed by atoms with Crippen LogP contribution in [-0.4, -0.2) is 50.7 Å². The zero-order valence-electron chi connectivity index (χ0n) is 40.0. The third-order valence-corrected chi connectivity index (χ3v) is 11.6. The molecule has 0 aliphatic rings. The molecule has 0 amide bonds. The Morgan fingerprint density at radius 3 is 0.956 bits per heavy atom. The van der Waals surface area contributed by atoms with Crippen molar-refractivity contribution in [1.82, 2.24) is 0 Å². The number of alkyl halides is 6. The lowest BCUT2D eigenvalue weighted by Gasteiger charge is -2.32. The first-order valence-electron chi connectivity index (χ1n) is 24.1. The van der Waals surface area contributed by atoms with Gasteiger partial charge in [-0.1, -0.05) is 173 Å². The van der Waals surface area contributed by atoms with E-state index in [-0.39, 0.29) is 11.1 Å². The number of carbonyl (C=O) groups is 2. The summed E-state index contributed by atoms with van der Waals surface area (Å²) in [6, 6.07) is 13.3. The Kier molecular flexibility index (Phi) is 29.1. The van der Waals surface area contributed by atoms with Gasteiger partial charge in [0.25, 0.3) is 11.2 Å². The summed E-state index contributed by atoms with van der Waals surface area (Å²) in [6.45, 7) is 0. The average molecular weight is 955 g/mol. The van der Waals surface area contributed by atoms with Crippen LogP contribution in [0.3, 0.4) is 0 Å². The van der Waals surface area contributed by atoms with E-state index in [2.05, 4.69) is 36.1 Å². The molecule has 0 heterocycles. The van der Waals surface area contributed by atoms with Crippen molar-refractivity contribution in [3.8, 4) is 24.7 Å². The molecule has 0 spiro atoms. The molecule has 4 atom stereocenters. The molecule has 0 aliphatic heterocycles. The maximum atomic E-state index is 14.1. The Balaban J connectivity index is 1.42. The van der Waals surface area contributed by atoms with E-state index in [1.165, 1.54) is 99.9 Å². The number of ether oxygens (including phenoxy) is 4. The quantitative estimate of drug-likeness (QED) is 0.0225. The van der Waals surface area contributed by atoms with Crippen molar-refractivity contribution in [2.75, 3.05) is 14.2 Å². The maximum Gasteiger partial charge on any atom is 0.432 e. The second kappa shape index (κ2) is 33.5. The number of terminal acetylenes is 2. The Morgan fingerprint density at radius 2 is 0.706 bits per heavy atom. The fraction of sp³-hybridized carbons (Fsp3) is 0.536. The Hall–Kier alpha value is -5.04. The van der Waals surface area contributed by atoms with Crippen LogP contribution in [0.25, 0.3) is 0 Å². The topological polar surface area (TPSA) is 71.1 Å². The van der Waals surface area contributed by atoms with E-state index in [0.29, 0.717) is 12.8 Å². The van der Waals surface area contributed by atoms with Gasteiger partial charge in [0.15, 0.2) is 12.2 Å². The van der Waals surface area contributed by atoms with Gasteiger partial charge in [-0.15, -0.1) is 12.8 Å². The predicted molar refractivity (Wildman–Crippen MR) is 258 cm³/mol. The van der Waals surface area contributed by atoms with Gasteiger partial charge in [-0.3, -0.25) is 0 Å². The molecular weight excluding hydrogens is 883 g/mol. The minimum absolute atomic E-state index is 0.386. The second-order valence-corrected chi connectivity index (χ2v) is 16.7. The Bertz CT molecular complexity index is 1750. The van der Waals surface area contributed by atoms with Crippen LogP contribution in [0.1, 0.15) is 152 Å². The van der Waals surface area contributed by atoms with Crippen molar-refractivity contribution in [2.24, 2.45) is 0 Å². The first-order chi connectivity index (χ1) is 32.7. The van der Waals surface area contributed by atoms with Gasteiger partial charge in [0, 0.05) is 25.3 Å². The molecule has 0 saturated carbocycles. The fourth-order valence-electron chi connectivity index (χ4n) is 7.68. The van der Waals surface area contributed by atoms with E-state index in [1.807, 2.05) is 0 Å². The van der Waals surface area contributed by atoms with Crippen LogP contribution in [0.15, 0.2) is 109 Å². The molecule has 0 saturated heterocycles. The van der Waals surface area contributed by atoms with Crippen LogP contribution in [-0.2, 0) is 39.7 Å². The van der Waals surface area contributed by atoms with E-state index in [9.17, 15) is 35.9 Å². The Labute approximate surface area is 402 Å². The molecule has 0 bridgehead atoms. The summed E-state index contributed by atoms with van der Waals surface area (Å²) in [7, 11) is 1.64. The molecule has 12 heteroatoms. The van der Waals surface area contributed by atoms with E-state index in [1.54, 1.807) is 12.2 Å². The molecule has 0 aliphatic carbocycles. The van der Waals surface area contributed by atoms with Gasteiger partial charge in [-0.25, -0.2) is 9.59 Å². The van der Waals surface area contributed by atoms with E-state index in [4.69, 9.17) is 31.8 Å². The summed E-state index contributed by atoms with van der Waals surface area (Å²) < 4.78 is 104. The fourth-order valence-corrected chi connectivity index (χ4v) is 7.68. The predicted octanol–water partition coefficient (Wildman–Crippen LogP) is 15.1. The van der Waals surface area contributed by atoms with Crippen molar-refractivity contribution < 1.29 is 54.9 Å². The normalized spacial score (nSPS) is 15.0. The number of rotatable bonds is 35. The smallest absolute Gasteiger partial charge is 0.432 e. The number of halogens is 6. The molecule has 2 aromatic rings. The first kappa shape index (κ1) is 59.1. The zero-order chi connectivity index (χ0) is 50.0. The molecule has 0 radical (unpaired) electrons. The van der Waals surface area contributed by atoms with Gasteiger partial charge in [-0.2, -0.15) is 26.3 Å². The SMILES string of the molecule is C#C[C@@H](/C=C/CCCCCCCCC/C=C\CCCC/C=C\CCCCCCCCC/C=C/[C@H](C#C)OC(=O)[C@@](OC)(c1ccccc1)C(F)(F)F)OC(=O)[C@@](OC)(c1ccccc1)C(F)(F)F. The van der Waals surface area contributed by atoms with Crippen LogP contribution in [0.2, 0.25) is 0 Å². The summed E-state index contributed by atoms with van der Waals surface area (Å²) in [5.74, 6) is 1.24. The monoisotopic (exact) mass is 955 g/mol. The third-order valence-electron chi connectivity index (χ3n) is 11.6. The second-order valence-electron chi connectivity index (χ2n) is 16.7. The third kappa shape index (κ3) is 20.3. The maximum absolute atomic E-state index is 14.1. The lowest BCUT2D eigenvalue weighted by atomic mass is 9.92. The number of benzene rings is 2. The largest absolute Gasteiger partial charge is 0.442 e. The number of unbranched alkanes of at least 4 members (excludes halogenated alkanes) is 19. The zero-order valence-corrected chi connectivity index (χ0v) is 40.0. The van der Waals surface area contributed by atoms with Gasteiger partial charge in [0.1, 0.15) is 0 Å². The van der Waals surface area contributed by atoms with E-state index >= 15 is 0 Å². The highest BCUT2D eigenvalue weighted by Gasteiger charge is 2.65. The van der Waals surface area contributed by atoms with Gasteiger partial charge in [0.05, 0.1) is 0 Å². The highest BCUT2D eigenvalue weighted by atomic mass is 19.4. The standard InChI is InChI=1S/C56H72F6O6/c1-5-49(67-51(63)53(65-3,55(57,58)59)47-41-35-33-36-42-47)45-39-31-29-27-25-23-21-19-17-15-13-11-9-7-8-10-12-14-16-18-20-22-24-26-28-30-32-40-46-50(6-2)68-52(64)54(66-4,56(60,61)62)48-43-37-34-38-44-48/h1-2,11-14,33-46,49-50H,7-10,15-32H2,3-4H3/b13-11-,14-12-,45-39+,46-40+/t49-,50-,53-,54-/m0/s1. The molecule has 374 valence electrons. The van der Waals surface area contributed by atoms with E-state index < -0.39 is 47.7 Å². The summed E-state index contributed by atoms with van der Waals surface area (Å²) in [4.78, 5) is 25.6. The number of carbonyl (C=O) groups excluding carboxylic acids is 2. The number of esters is 2. The van der Waals surface area contributed by atoms with Gasteiger partial charge >= 0.3 is 24.3 Å². The van der Waals surface area contributed by atoms with Crippen molar-refractivity contribution in [1.29, 1.82) is 0 Å². The lowest BCUT2D eigenvalue weighted by molar-refractivity contribution is -0.277. The van der Waals surface area contributed by atoms with Gasteiger partial charge < -0.3 is 18.9 Å².